The molecule has 1 unspecified atom stereocenters. The van der Waals surface area contributed by atoms with Crippen molar-refractivity contribution in [2.45, 2.75) is 25.1 Å². The van der Waals surface area contributed by atoms with Gasteiger partial charge in [-0.15, -0.1) is 0 Å². The lowest BCUT2D eigenvalue weighted by Crippen LogP contribution is -2.45. The number of thiocarbonyl (C=S) groups is 1. The second-order valence-corrected chi connectivity index (χ2v) is 5.35. The molecule has 114 valence electrons. The summed E-state index contributed by atoms with van der Waals surface area (Å²) >= 11 is 4.81. The van der Waals surface area contributed by atoms with Crippen molar-refractivity contribution in [3.05, 3.63) is 35.1 Å². The van der Waals surface area contributed by atoms with Crippen molar-refractivity contribution in [1.82, 2.24) is 5.32 Å². The van der Waals surface area contributed by atoms with E-state index in [4.69, 9.17) is 18.0 Å². The number of rotatable bonds is 4. The number of alkyl halides is 3. The van der Waals surface area contributed by atoms with E-state index in [1.54, 1.807) is 0 Å². The average molecular weight is 320 g/mol. The number of carbonyl (C=O) groups is 1. The summed E-state index contributed by atoms with van der Waals surface area (Å²) in [5, 5.41) is 2.40. The molecule has 1 fully saturated rings. The third-order valence-electron chi connectivity index (χ3n) is 3.22. The van der Waals surface area contributed by atoms with Crippen LogP contribution in [0.5, 0.6) is 0 Å². The first-order valence-electron chi connectivity index (χ1n) is 6.17. The van der Waals surface area contributed by atoms with Crippen LogP contribution in [-0.4, -0.2) is 16.9 Å². The highest BCUT2D eigenvalue weighted by Gasteiger charge is 2.36. The zero-order valence-electron chi connectivity index (χ0n) is 10.7. The molecule has 0 bridgehead atoms. The van der Waals surface area contributed by atoms with Gasteiger partial charge >= 0.3 is 6.18 Å². The van der Waals surface area contributed by atoms with Gasteiger partial charge in [0, 0.05) is 0 Å². The Hall–Kier alpha value is -1.70. The first-order chi connectivity index (χ1) is 9.70. The Morgan fingerprint density at radius 3 is 2.48 bits per heavy atom. The summed E-state index contributed by atoms with van der Waals surface area (Å²) in [6.45, 7) is 0. The zero-order chi connectivity index (χ0) is 15.8. The number of amides is 1. The molecule has 1 aromatic carbocycles. The van der Waals surface area contributed by atoms with Gasteiger partial charge in [-0.25, -0.2) is 4.39 Å². The van der Waals surface area contributed by atoms with Crippen LogP contribution in [-0.2, 0) is 6.18 Å². The predicted molar refractivity (Wildman–Crippen MR) is 72.2 cm³/mol. The van der Waals surface area contributed by atoms with Gasteiger partial charge in [0.2, 0.25) is 0 Å². The zero-order valence-corrected chi connectivity index (χ0v) is 11.5. The Labute approximate surface area is 123 Å². The number of nitrogens with one attached hydrogen (secondary N) is 1. The van der Waals surface area contributed by atoms with E-state index < -0.39 is 35.1 Å². The standard InChI is InChI=1S/C13H12F4N2OS/c14-9-4-3-7(13(15,16)17)5-8(9)12(20)19-10(11(18)21)6-1-2-6/h3-6,10H,1-2H2,(H2,18,21)(H,19,20). The fourth-order valence-electron chi connectivity index (χ4n) is 1.95. The summed E-state index contributed by atoms with van der Waals surface area (Å²) in [5.41, 5.74) is 3.72. The van der Waals surface area contributed by atoms with Crippen LogP contribution in [0, 0.1) is 11.7 Å². The molecule has 21 heavy (non-hydrogen) atoms. The molecule has 1 aliphatic rings. The maximum absolute atomic E-state index is 13.6. The first kappa shape index (κ1) is 15.7. The van der Waals surface area contributed by atoms with Crippen LogP contribution in [0.1, 0.15) is 28.8 Å². The van der Waals surface area contributed by atoms with E-state index in [2.05, 4.69) is 5.32 Å². The van der Waals surface area contributed by atoms with Crippen molar-refractivity contribution in [1.29, 1.82) is 0 Å². The minimum Gasteiger partial charge on any atom is -0.392 e. The van der Waals surface area contributed by atoms with Crippen LogP contribution in [0.4, 0.5) is 17.6 Å². The van der Waals surface area contributed by atoms with Gasteiger partial charge in [-0.1, -0.05) is 12.2 Å². The van der Waals surface area contributed by atoms with E-state index in [0.717, 1.165) is 12.8 Å². The molecule has 3 N–H and O–H groups in total. The number of carbonyl (C=O) groups excluding carboxylic acids is 1. The summed E-state index contributed by atoms with van der Waals surface area (Å²) in [6, 6.07) is 1.05. The van der Waals surface area contributed by atoms with Crippen LogP contribution < -0.4 is 11.1 Å². The van der Waals surface area contributed by atoms with E-state index in [1.165, 1.54) is 0 Å². The van der Waals surface area contributed by atoms with Gasteiger partial charge in [0.15, 0.2) is 0 Å². The lowest BCUT2D eigenvalue weighted by Gasteiger charge is -2.17. The maximum atomic E-state index is 13.6. The van der Waals surface area contributed by atoms with Crippen molar-refractivity contribution in [3.8, 4) is 0 Å². The predicted octanol–water partition coefficient (Wildman–Crippen LogP) is 2.64. The lowest BCUT2D eigenvalue weighted by atomic mass is 10.1. The van der Waals surface area contributed by atoms with E-state index in [-0.39, 0.29) is 10.9 Å². The SMILES string of the molecule is NC(=S)C(NC(=O)c1cc(C(F)(F)F)ccc1F)C1CC1. The summed E-state index contributed by atoms with van der Waals surface area (Å²) in [7, 11) is 0. The third kappa shape index (κ3) is 3.69. The minimum absolute atomic E-state index is 0.0400. The second kappa shape index (κ2) is 5.59. The van der Waals surface area contributed by atoms with Crippen LogP contribution in [0.15, 0.2) is 18.2 Å². The Morgan fingerprint density at radius 1 is 1.38 bits per heavy atom. The van der Waals surface area contributed by atoms with Gasteiger partial charge < -0.3 is 11.1 Å². The highest BCUT2D eigenvalue weighted by molar-refractivity contribution is 7.80. The summed E-state index contributed by atoms with van der Waals surface area (Å²) < 4.78 is 51.4. The lowest BCUT2D eigenvalue weighted by molar-refractivity contribution is -0.137. The largest absolute Gasteiger partial charge is 0.416 e. The molecule has 0 radical (unpaired) electrons. The molecule has 1 aromatic rings. The van der Waals surface area contributed by atoms with Gasteiger partial charge in [-0.3, -0.25) is 4.79 Å². The topological polar surface area (TPSA) is 55.1 Å². The van der Waals surface area contributed by atoms with Crippen molar-refractivity contribution < 1.29 is 22.4 Å². The van der Waals surface area contributed by atoms with Crippen molar-refractivity contribution in [2.24, 2.45) is 11.7 Å². The highest BCUT2D eigenvalue weighted by atomic mass is 32.1. The van der Waals surface area contributed by atoms with Crippen LogP contribution in [0.2, 0.25) is 0 Å². The molecule has 0 spiro atoms. The molecule has 2 rings (SSSR count). The number of halogens is 4. The van der Waals surface area contributed by atoms with E-state index in [1.807, 2.05) is 0 Å². The molecule has 0 aliphatic heterocycles. The van der Waals surface area contributed by atoms with Crippen LogP contribution >= 0.6 is 12.2 Å². The Morgan fingerprint density at radius 2 is 2.00 bits per heavy atom. The van der Waals surface area contributed by atoms with Crippen molar-refractivity contribution >= 4 is 23.1 Å². The number of nitrogens with two attached hydrogens (primary N) is 1. The Balaban J connectivity index is 2.24. The fourth-order valence-corrected chi connectivity index (χ4v) is 2.20. The number of benzene rings is 1. The highest BCUT2D eigenvalue weighted by Crippen LogP contribution is 2.33. The molecular weight excluding hydrogens is 308 g/mol. The second-order valence-electron chi connectivity index (χ2n) is 4.88. The molecule has 1 atom stereocenters. The van der Waals surface area contributed by atoms with Gasteiger partial charge in [0.25, 0.3) is 5.91 Å². The van der Waals surface area contributed by atoms with Crippen LogP contribution in [0.3, 0.4) is 0 Å². The van der Waals surface area contributed by atoms with Gasteiger partial charge in [-0.05, 0) is 37.0 Å². The normalized spacial score (nSPS) is 16.4. The van der Waals surface area contributed by atoms with Crippen molar-refractivity contribution in [2.75, 3.05) is 0 Å². The summed E-state index contributed by atoms with van der Waals surface area (Å²) in [4.78, 5) is 12.0. The quantitative estimate of drug-likeness (QED) is 0.662. The molecule has 0 saturated heterocycles. The monoisotopic (exact) mass is 320 g/mol. The molecular formula is C13H12F4N2OS. The summed E-state index contributed by atoms with van der Waals surface area (Å²) in [5.74, 6) is -1.92. The fraction of sp³-hybridized carbons (Fsp3) is 0.385. The average Bonchev–Trinajstić information content (AvgIpc) is 3.18. The summed E-state index contributed by atoms with van der Waals surface area (Å²) in [6.07, 6.45) is -3.03. The van der Waals surface area contributed by atoms with Crippen molar-refractivity contribution in [3.63, 3.8) is 0 Å². The van der Waals surface area contributed by atoms with Gasteiger partial charge in [-0.2, -0.15) is 13.2 Å². The van der Waals surface area contributed by atoms with E-state index in [0.29, 0.717) is 18.2 Å². The Bertz CT molecular complexity index is 584. The van der Waals surface area contributed by atoms with Crippen LogP contribution in [0.25, 0.3) is 0 Å². The minimum atomic E-state index is -4.65. The molecule has 1 aliphatic carbocycles. The molecule has 1 amide bonds. The number of hydrogen-bond acceptors (Lipinski definition) is 2. The third-order valence-corrected chi connectivity index (χ3v) is 3.48. The number of hydrogen-bond donors (Lipinski definition) is 2. The molecule has 3 nitrogen and oxygen atoms in total. The first-order valence-corrected chi connectivity index (χ1v) is 6.58. The molecule has 0 aromatic heterocycles. The smallest absolute Gasteiger partial charge is 0.392 e. The van der Waals surface area contributed by atoms with E-state index in [9.17, 15) is 22.4 Å². The Kier molecular flexibility index (Phi) is 4.18. The molecule has 1 saturated carbocycles. The molecule has 0 heterocycles. The maximum Gasteiger partial charge on any atom is 0.416 e. The molecule has 8 heteroatoms. The van der Waals surface area contributed by atoms with Gasteiger partial charge in [0.1, 0.15) is 5.82 Å². The van der Waals surface area contributed by atoms with Gasteiger partial charge in [0.05, 0.1) is 22.2 Å². The van der Waals surface area contributed by atoms with E-state index >= 15 is 0 Å².